The van der Waals surface area contributed by atoms with Gasteiger partial charge in [0.2, 0.25) is 0 Å². The van der Waals surface area contributed by atoms with Gasteiger partial charge in [0.25, 0.3) is 10.1 Å². The van der Waals surface area contributed by atoms with Gasteiger partial charge in [0.1, 0.15) is 4.90 Å². The summed E-state index contributed by atoms with van der Waals surface area (Å²) >= 11 is 0. The molecule has 0 bridgehead atoms. The Bertz CT molecular complexity index is 707. The van der Waals surface area contributed by atoms with Gasteiger partial charge in [-0.05, 0) is 23.3 Å². The van der Waals surface area contributed by atoms with Gasteiger partial charge >= 0.3 is 0 Å². The molecule has 0 spiro atoms. The number of nitrogens with two attached hydrogens (primary N) is 1. The summed E-state index contributed by atoms with van der Waals surface area (Å²) in [6.07, 6.45) is 3.39. The molecular weight excluding hydrogens is 262 g/mol. The first-order chi connectivity index (χ1) is 8.97. The molecule has 0 aliphatic rings. The van der Waals surface area contributed by atoms with Crippen molar-refractivity contribution in [2.24, 2.45) is 0 Å². The van der Waals surface area contributed by atoms with Gasteiger partial charge in [-0.15, -0.1) is 0 Å². The van der Waals surface area contributed by atoms with Crippen molar-refractivity contribution in [2.75, 3.05) is 5.73 Å². The summed E-state index contributed by atoms with van der Waals surface area (Å²) in [5.41, 5.74) is 7.13. The number of anilines is 1. The molecule has 5 heteroatoms. The van der Waals surface area contributed by atoms with Gasteiger partial charge in [0.05, 0.1) is 0 Å². The SMILES string of the molecule is Nc1ccc(/C=C/c2ccccc2)c(S(=O)(=O)O)c1. The number of rotatable bonds is 3. The maximum Gasteiger partial charge on any atom is 0.295 e. The van der Waals surface area contributed by atoms with Crippen LogP contribution in [0.2, 0.25) is 0 Å². The second-order valence-corrected chi connectivity index (χ2v) is 5.41. The normalized spacial score (nSPS) is 11.8. The van der Waals surface area contributed by atoms with Crippen LogP contribution >= 0.6 is 0 Å². The highest BCUT2D eigenvalue weighted by Crippen LogP contribution is 2.21. The first-order valence-electron chi connectivity index (χ1n) is 5.57. The summed E-state index contributed by atoms with van der Waals surface area (Å²) in [5, 5.41) is 0. The van der Waals surface area contributed by atoms with Gasteiger partial charge in [-0.1, -0.05) is 48.6 Å². The van der Waals surface area contributed by atoms with Gasteiger partial charge in [0, 0.05) is 5.69 Å². The topological polar surface area (TPSA) is 80.4 Å². The lowest BCUT2D eigenvalue weighted by molar-refractivity contribution is 0.483. The van der Waals surface area contributed by atoms with E-state index < -0.39 is 10.1 Å². The fourth-order valence-corrected chi connectivity index (χ4v) is 2.38. The Kier molecular flexibility index (Phi) is 3.69. The lowest BCUT2D eigenvalue weighted by atomic mass is 10.1. The van der Waals surface area contributed by atoms with Gasteiger partial charge in [-0.2, -0.15) is 8.42 Å². The molecule has 0 unspecified atom stereocenters. The lowest BCUT2D eigenvalue weighted by Gasteiger charge is -2.04. The van der Waals surface area contributed by atoms with Gasteiger partial charge in [-0.3, -0.25) is 4.55 Å². The third-order valence-corrected chi connectivity index (χ3v) is 3.48. The number of hydrogen-bond acceptors (Lipinski definition) is 3. The van der Waals surface area contributed by atoms with E-state index in [1.54, 1.807) is 24.3 Å². The van der Waals surface area contributed by atoms with Crippen molar-refractivity contribution in [3.8, 4) is 0 Å². The molecule has 0 aromatic heterocycles. The minimum absolute atomic E-state index is 0.195. The van der Waals surface area contributed by atoms with Crippen molar-refractivity contribution in [3.63, 3.8) is 0 Å². The molecule has 0 amide bonds. The van der Waals surface area contributed by atoms with Crippen LogP contribution in [0.1, 0.15) is 11.1 Å². The van der Waals surface area contributed by atoms with E-state index in [0.29, 0.717) is 5.56 Å². The molecule has 0 heterocycles. The Morgan fingerprint density at radius 1 is 1.00 bits per heavy atom. The molecule has 2 aromatic carbocycles. The zero-order valence-corrected chi connectivity index (χ0v) is 10.8. The molecule has 4 nitrogen and oxygen atoms in total. The fourth-order valence-electron chi connectivity index (χ4n) is 1.66. The summed E-state index contributed by atoms with van der Waals surface area (Å²) in [5.74, 6) is 0. The molecule has 0 fully saturated rings. The van der Waals surface area contributed by atoms with Crippen molar-refractivity contribution < 1.29 is 13.0 Å². The van der Waals surface area contributed by atoms with E-state index in [4.69, 9.17) is 5.73 Å². The highest BCUT2D eigenvalue weighted by Gasteiger charge is 2.13. The van der Waals surface area contributed by atoms with Crippen LogP contribution in [0.15, 0.2) is 53.4 Å². The van der Waals surface area contributed by atoms with Crippen LogP contribution < -0.4 is 5.73 Å². The molecule has 0 aliphatic heterocycles. The third-order valence-electron chi connectivity index (χ3n) is 2.57. The molecule has 98 valence electrons. The maximum absolute atomic E-state index is 11.3. The molecule has 0 atom stereocenters. The zero-order chi connectivity index (χ0) is 13.9. The minimum Gasteiger partial charge on any atom is -0.399 e. The van der Waals surface area contributed by atoms with Crippen LogP contribution in [-0.4, -0.2) is 13.0 Å². The van der Waals surface area contributed by atoms with E-state index in [-0.39, 0.29) is 10.6 Å². The van der Waals surface area contributed by atoms with Gasteiger partial charge in [-0.25, -0.2) is 0 Å². The Morgan fingerprint density at radius 3 is 2.32 bits per heavy atom. The average Bonchev–Trinajstić information content (AvgIpc) is 2.37. The summed E-state index contributed by atoms with van der Waals surface area (Å²) in [4.78, 5) is -0.195. The molecule has 0 radical (unpaired) electrons. The van der Waals surface area contributed by atoms with Gasteiger partial charge in [0.15, 0.2) is 0 Å². The number of nitrogen functional groups attached to an aromatic ring is 1. The second kappa shape index (κ2) is 5.26. The fraction of sp³-hybridized carbons (Fsp3) is 0. The monoisotopic (exact) mass is 275 g/mol. The zero-order valence-electron chi connectivity index (χ0n) is 10.0. The summed E-state index contributed by atoms with van der Waals surface area (Å²) in [6.45, 7) is 0. The summed E-state index contributed by atoms with van der Waals surface area (Å²) in [6, 6.07) is 13.8. The predicted molar refractivity (Wildman–Crippen MR) is 76.0 cm³/mol. The predicted octanol–water partition coefficient (Wildman–Crippen LogP) is 2.69. The standard InChI is InChI=1S/C14H13NO3S/c15-13-9-8-12(14(10-13)19(16,17)18)7-6-11-4-2-1-3-5-11/h1-10H,15H2,(H,16,17,18)/b7-6+. The van der Waals surface area contributed by atoms with E-state index in [0.717, 1.165) is 5.56 Å². The van der Waals surface area contributed by atoms with E-state index >= 15 is 0 Å². The second-order valence-electron chi connectivity index (χ2n) is 4.02. The molecule has 0 aliphatic carbocycles. The summed E-state index contributed by atoms with van der Waals surface area (Å²) < 4.78 is 31.7. The molecule has 3 N–H and O–H groups in total. The molecular formula is C14H13NO3S. The smallest absolute Gasteiger partial charge is 0.295 e. The van der Waals surface area contributed by atoms with Crippen molar-refractivity contribution in [3.05, 3.63) is 59.7 Å². The Labute approximate surface area is 111 Å². The van der Waals surface area contributed by atoms with Crippen LogP contribution in [0.5, 0.6) is 0 Å². The lowest BCUT2D eigenvalue weighted by Crippen LogP contribution is -2.02. The van der Waals surface area contributed by atoms with Crippen LogP contribution in [0.25, 0.3) is 12.2 Å². The third kappa shape index (κ3) is 3.43. The Balaban J connectivity index is 2.44. The van der Waals surface area contributed by atoms with E-state index in [1.165, 1.54) is 6.07 Å². The molecule has 0 saturated carbocycles. The Hall–Kier alpha value is -2.11. The largest absolute Gasteiger partial charge is 0.399 e. The van der Waals surface area contributed by atoms with E-state index in [9.17, 15) is 13.0 Å². The van der Waals surface area contributed by atoms with Crippen molar-refractivity contribution >= 4 is 28.0 Å². The quantitative estimate of drug-likeness (QED) is 0.512. The first-order valence-corrected chi connectivity index (χ1v) is 7.01. The van der Waals surface area contributed by atoms with Crippen LogP contribution in [0.3, 0.4) is 0 Å². The van der Waals surface area contributed by atoms with E-state index in [1.807, 2.05) is 30.3 Å². The molecule has 2 aromatic rings. The highest BCUT2D eigenvalue weighted by atomic mass is 32.2. The minimum atomic E-state index is -4.29. The molecule has 19 heavy (non-hydrogen) atoms. The molecule has 0 saturated heterocycles. The number of benzene rings is 2. The summed E-state index contributed by atoms with van der Waals surface area (Å²) in [7, 11) is -4.29. The first kappa shape index (κ1) is 13.3. The Morgan fingerprint density at radius 2 is 1.68 bits per heavy atom. The maximum atomic E-state index is 11.3. The van der Waals surface area contributed by atoms with E-state index in [2.05, 4.69) is 0 Å². The van der Waals surface area contributed by atoms with Crippen molar-refractivity contribution in [1.29, 1.82) is 0 Å². The van der Waals surface area contributed by atoms with Crippen molar-refractivity contribution in [2.45, 2.75) is 4.90 Å². The highest BCUT2D eigenvalue weighted by molar-refractivity contribution is 7.86. The van der Waals surface area contributed by atoms with Crippen LogP contribution in [0, 0.1) is 0 Å². The van der Waals surface area contributed by atoms with Crippen LogP contribution in [-0.2, 0) is 10.1 Å². The number of hydrogen-bond donors (Lipinski definition) is 2. The van der Waals surface area contributed by atoms with Gasteiger partial charge < -0.3 is 5.73 Å². The molecule has 2 rings (SSSR count). The average molecular weight is 275 g/mol. The van der Waals surface area contributed by atoms with Crippen LogP contribution in [0.4, 0.5) is 5.69 Å². The van der Waals surface area contributed by atoms with Crippen molar-refractivity contribution in [1.82, 2.24) is 0 Å².